The van der Waals surface area contributed by atoms with Crippen LogP contribution in [0, 0.1) is 0 Å². The molecule has 1 atom stereocenters. The summed E-state index contributed by atoms with van der Waals surface area (Å²) in [4.78, 5) is 15.7. The molecule has 2 N–H and O–H groups in total. The molecule has 0 saturated carbocycles. The van der Waals surface area contributed by atoms with Crippen LogP contribution in [-0.4, -0.2) is 10.9 Å². The van der Waals surface area contributed by atoms with Crippen molar-refractivity contribution in [1.82, 2.24) is 10.3 Å². The van der Waals surface area contributed by atoms with E-state index in [0.29, 0.717) is 5.69 Å². The van der Waals surface area contributed by atoms with E-state index in [1.165, 1.54) is 11.1 Å². The number of aromatic nitrogens is 1. The molecule has 0 radical (unpaired) electrons. The Morgan fingerprint density at radius 1 is 1.09 bits per heavy atom. The Labute approximate surface area is 129 Å². The summed E-state index contributed by atoms with van der Waals surface area (Å²) >= 11 is 0. The lowest BCUT2D eigenvalue weighted by atomic mass is 9.88. The van der Waals surface area contributed by atoms with Gasteiger partial charge in [-0.25, -0.2) is 0 Å². The van der Waals surface area contributed by atoms with Crippen molar-refractivity contribution in [3.05, 3.63) is 71.4 Å². The van der Waals surface area contributed by atoms with Crippen molar-refractivity contribution >= 4 is 16.8 Å². The van der Waals surface area contributed by atoms with Gasteiger partial charge in [0, 0.05) is 10.9 Å². The molecule has 1 aromatic heterocycles. The molecule has 1 heterocycles. The molecule has 0 spiro atoms. The lowest BCUT2D eigenvalue weighted by Gasteiger charge is -2.26. The van der Waals surface area contributed by atoms with E-state index in [9.17, 15) is 4.79 Å². The molecule has 3 heteroatoms. The molecule has 3 aromatic rings. The number of H-pyrrole nitrogens is 1. The maximum atomic E-state index is 12.5. The fourth-order valence-electron chi connectivity index (χ4n) is 3.34. The minimum absolute atomic E-state index is 0.0297. The van der Waals surface area contributed by atoms with E-state index in [4.69, 9.17) is 0 Å². The van der Waals surface area contributed by atoms with E-state index >= 15 is 0 Å². The predicted molar refractivity (Wildman–Crippen MR) is 87.9 cm³/mol. The number of benzene rings is 2. The minimum atomic E-state index is -0.0297. The van der Waals surface area contributed by atoms with Gasteiger partial charge in [-0.3, -0.25) is 4.79 Å². The molecule has 1 amide bonds. The monoisotopic (exact) mass is 290 g/mol. The number of carbonyl (C=O) groups excluding carboxylic acids is 1. The van der Waals surface area contributed by atoms with Crippen molar-refractivity contribution in [3.63, 3.8) is 0 Å². The van der Waals surface area contributed by atoms with Gasteiger partial charge in [0.1, 0.15) is 5.69 Å². The number of amides is 1. The van der Waals surface area contributed by atoms with Crippen molar-refractivity contribution < 1.29 is 4.79 Å². The maximum Gasteiger partial charge on any atom is 0.268 e. The maximum absolute atomic E-state index is 12.5. The average molecular weight is 290 g/mol. The zero-order valence-corrected chi connectivity index (χ0v) is 12.3. The Balaban J connectivity index is 1.60. The number of carbonyl (C=O) groups is 1. The summed E-state index contributed by atoms with van der Waals surface area (Å²) in [5.74, 6) is -0.0297. The first-order valence-corrected chi connectivity index (χ1v) is 7.78. The Hall–Kier alpha value is -2.55. The Morgan fingerprint density at radius 2 is 1.91 bits per heavy atom. The second-order valence-corrected chi connectivity index (χ2v) is 5.89. The zero-order valence-electron chi connectivity index (χ0n) is 12.3. The highest BCUT2D eigenvalue weighted by Gasteiger charge is 2.22. The van der Waals surface area contributed by atoms with Crippen LogP contribution in [0.4, 0.5) is 0 Å². The second kappa shape index (κ2) is 5.34. The first-order valence-electron chi connectivity index (χ1n) is 7.78. The van der Waals surface area contributed by atoms with Gasteiger partial charge >= 0.3 is 0 Å². The number of para-hydroxylation sites is 1. The number of hydrogen-bond donors (Lipinski definition) is 2. The van der Waals surface area contributed by atoms with Crippen LogP contribution in [0.2, 0.25) is 0 Å². The van der Waals surface area contributed by atoms with Gasteiger partial charge < -0.3 is 10.3 Å². The third kappa shape index (κ3) is 2.29. The van der Waals surface area contributed by atoms with E-state index in [1.54, 1.807) is 0 Å². The number of nitrogens with one attached hydrogen (secondary N) is 2. The smallest absolute Gasteiger partial charge is 0.268 e. The minimum Gasteiger partial charge on any atom is -0.351 e. The molecule has 1 unspecified atom stereocenters. The molecule has 3 nitrogen and oxygen atoms in total. The molecule has 0 bridgehead atoms. The van der Waals surface area contributed by atoms with Gasteiger partial charge in [0.05, 0.1) is 6.04 Å². The quantitative estimate of drug-likeness (QED) is 0.737. The molecular weight excluding hydrogens is 272 g/mol. The summed E-state index contributed by atoms with van der Waals surface area (Å²) in [7, 11) is 0. The molecule has 0 aliphatic heterocycles. The summed E-state index contributed by atoms with van der Waals surface area (Å²) in [6, 6.07) is 18.4. The van der Waals surface area contributed by atoms with Crippen LogP contribution >= 0.6 is 0 Å². The van der Waals surface area contributed by atoms with Crippen LogP contribution in [0.3, 0.4) is 0 Å². The van der Waals surface area contributed by atoms with E-state index in [1.807, 2.05) is 36.4 Å². The number of fused-ring (bicyclic) bond motifs is 2. The van der Waals surface area contributed by atoms with Crippen molar-refractivity contribution in [1.29, 1.82) is 0 Å². The third-order valence-electron chi connectivity index (χ3n) is 4.45. The first kappa shape index (κ1) is 13.1. The van der Waals surface area contributed by atoms with Gasteiger partial charge in [-0.2, -0.15) is 0 Å². The van der Waals surface area contributed by atoms with Crippen LogP contribution in [0.5, 0.6) is 0 Å². The molecule has 1 aliphatic carbocycles. The number of rotatable bonds is 2. The van der Waals surface area contributed by atoms with E-state index in [0.717, 1.165) is 30.2 Å². The fourth-order valence-corrected chi connectivity index (χ4v) is 3.34. The normalized spacial score (nSPS) is 17.2. The first-order chi connectivity index (χ1) is 10.8. The molecule has 0 fully saturated rings. The highest BCUT2D eigenvalue weighted by atomic mass is 16.1. The number of aromatic amines is 1. The van der Waals surface area contributed by atoms with Crippen molar-refractivity contribution in [3.8, 4) is 0 Å². The second-order valence-electron chi connectivity index (χ2n) is 5.89. The summed E-state index contributed by atoms with van der Waals surface area (Å²) in [6.45, 7) is 0. The van der Waals surface area contributed by atoms with E-state index < -0.39 is 0 Å². The van der Waals surface area contributed by atoms with Gasteiger partial charge in [0.25, 0.3) is 5.91 Å². The highest BCUT2D eigenvalue weighted by Crippen LogP contribution is 2.29. The Bertz CT molecular complexity index is 801. The Morgan fingerprint density at radius 3 is 2.82 bits per heavy atom. The average Bonchev–Trinajstić information content (AvgIpc) is 2.99. The third-order valence-corrected chi connectivity index (χ3v) is 4.45. The highest BCUT2D eigenvalue weighted by molar-refractivity contribution is 5.98. The number of hydrogen-bond acceptors (Lipinski definition) is 1. The van der Waals surface area contributed by atoms with Crippen LogP contribution in [0.15, 0.2) is 54.6 Å². The summed E-state index contributed by atoms with van der Waals surface area (Å²) in [5.41, 5.74) is 4.25. The van der Waals surface area contributed by atoms with Gasteiger partial charge in [0.15, 0.2) is 0 Å². The standard InChI is InChI=1S/C19H18N2O/c22-19(18-12-14-7-2-4-10-16(14)20-18)21-17-11-5-8-13-6-1-3-9-15(13)17/h1-4,6-7,9-10,12,17,20H,5,8,11H2,(H,21,22). The topological polar surface area (TPSA) is 44.9 Å². The fraction of sp³-hybridized carbons (Fsp3) is 0.211. The SMILES string of the molecule is O=C(NC1CCCc2ccccc21)c1cc2ccccc2[nH]1. The van der Waals surface area contributed by atoms with Crippen LogP contribution in [0.25, 0.3) is 10.9 Å². The summed E-state index contributed by atoms with van der Waals surface area (Å²) in [5, 5.41) is 4.25. The zero-order chi connectivity index (χ0) is 14.9. The van der Waals surface area contributed by atoms with Crippen molar-refractivity contribution in [2.45, 2.75) is 25.3 Å². The van der Waals surface area contributed by atoms with Crippen molar-refractivity contribution in [2.75, 3.05) is 0 Å². The van der Waals surface area contributed by atoms with Crippen molar-refractivity contribution in [2.24, 2.45) is 0 Å². The molecule has 2 aromatic carbocycles. The van der Waals surface area contributed by atoms with Gasteiger partial charge in [-0.15, -0.1) is 0 Å². The van der Waals surface area contributed by atoms with Gasteiger partial charge in [-0.1, -0.05) is 42.5 Å². The molecule has 1 aliphatic rings. The van der Waals surface area contributed by atoms with Gasteiger partial charge in [-0.05, 0) is 42.5 Å². The summed E-state index contributed by atoms with van der Waals surface area (Å²) < 4.78 is 0. The molecule has 110 valence electrons. The van der Waals surface area contributed by atoms with Crippen LogP contribution in [-0.2, 0) is 6.42 Å². The number of aryl methyl sites for hydroxylation is 1. The van der Waals surface area contributed by atoms with Crippen LogP contribution < -0.4 is 5.32 Å². The van der Waals surface area contributed by atoms with E-state index in [-0.39, 0.29) is 11.9 Å². The van der Waals surface area contributed by atoms with Crippen LogP contribution in [0.1, 0.15) is 40.5 Å². The molecule has 0 saturated heterocycles. The Kier molecular flexibility index (Phi) is 3.19. The largest absolute Gasteiger partial charge is 0.351 e. The summed E-state index contributed by atoms with van der Waals surface area (Å²) in [6.07, 6.45) is 3.23. The lowest BCUT2D eigenvalue weighted by molar-refractivity contribution is 0.0928. The molecular formula is C19H18N2O. The molecule has 22 heavy (non-hydrogen) atoms. The van der Waals surface area contributed by atoms with E-state index in [2.05, 4.69) is 28.5 Å². The lowest BCUT2D eigenvalue weighted by Crippen LogP contribution is -2.31. The predicted octanol–water partition coefficient (Wildman–Crippen LogP) is 3.98. The molecule has 4 rings (SSSR count). The van der Waals surface area contributed by atoms with Gasteiger partial charge in [0.2, 0.25) is 0 Å².